The fraction of sp³-hybridized carbons (Fsp3) is 0.600. The number of nitrogens with zero attached hydrogens (tertiary/aromatic N) is 2. The van der Waals surface area contributed by atoms with Crippen LogP contribution >= 0.6 is 15.6 Å². The van der Waals surface area contributed by atoms with E-state index in [4.69, 9.17) is 20.3 Å². The lowest BCUT2D eigenvalue weighted by atomic mass is 10.1. The molecule has 1 fully saturated rings. The lowest BCUT2D eigenvalue weighted by molar-refractivity contribution is -0.142. The Balaban J connectivity index is 2.21. The van der Waals surface area contributed by atoms with Gasteiger partial charge in [-0.15, -0.1) is 0 Å². The quantitative estimate of drug-likeness (QED) is 0.221. The molecular weight excluding hydrogens is 416 g/mol. The largest absolute Gasteiger partial charge is 0.503 e. The zero-order chi connectivity index (χ0) is 20.6. The van der Waals surface area contributed by atoms with Crippen molar-refractivity contribution in [1.82, 2.24) is 9.55 Å². The van der Waals surface area contributed by atoms with Crippen molar-refractivity contribution in [1.29, 1.82) is 0 Å². The predicted octanol–water partition coefficient (Wildman–Crippen LogP) is -2.45. The molecule has 1 unspecified atom stereocenters. The number of hydrogen-bond acceptors (Lipinski definition) is 11. The van der Waals surface area contributed by atoms with Crippen LogP contribution in [-0.2, 0) is 28.4 Å². The monoisotopic (exact) mass is 433 g/mol. The number of nitrogens with two attached hydrogens (primary N) is 1. The number of ether oxygens (including phenoxy) is 1. The first kappa shape index (κ1) is 21.9. The fourth-order valence-corrected chi connectivity index (χ4v) is 4.02. The third-order valence-electron chi connectivity index (χ3n) is 3.56. The van der Waals surface area contributed by atoms with Gasteiger partial charge >= 0.3 is 21.3 Å². The molecule has 2 rings (SSSR count). The van der Waals surface area contributed by atoms with Crippen molar-refractivity contribution < 1.29 is 52.7 Å². The average Bonchev–Trinajstić information content (AvgIpc) is 2.84. The Hall–Kier alpha value is -1.38. The van der Waals surface area contributed by atoms with E-state index in [2.05, 4.69) is 13.8 Å². The minimum Gasteiger partial charge on any atom is -0.503 e. The Labute approximate surface area is 150 Å². The first-order chi connectivity index (χ1) is 12.3. The molecule has 154 valence electrons. The summed E-state index contributed by atoms with van der Waals surface area (Å²) in [6, 6.07) is 0. The van der Waals surface area contributed by atoms with Gasteiger partial charge in [-0.25, -0.2) is 13.9 Å². The standard InChI is InChI=1S/C10H17N3O12P2/c11-8-6(16)2-13(9(17)12-8)10(4-14)1-5(15)7(24-10)3-23-27(21,22)25-26(18,19)20/h2,5,7,14-16H,1,3-4H2,(H,21,22)(H2,11,12,17)(H2,18,19,20)/t5-,7+,10-/m0/s1. The van der Waals surface area contributed by atoms with E-state index in [-0.39, 0.29) is 0 Å². The van der Waals surface area contributed by atoms with Crippen molar-refractivity contribution in [2.45, 2.75) is 24.4 Å². The van der Waals surface area contributed by atoms with E-state index in [0.717, 1.165) is 6.20 Å². The van der Waals surface area contributed by atoms with Gasteiger partial charge in [-0.3, -0.25) is 9.09 Å². The molecule has 27 heavy (non-hydrogen) atoms. The van der Waals surface area contributed by atoms with Crippen LogP contribution < -0.4 is 11.4 Å². The van der Waals surface area contributed by atoms with Crippen molar-refractivity contribution in [2.24, 2.45) is 0 Å². The topological polar surface area (TPSA) is 244 Å². The van der Waals surface area contributed by atoms with Crippen LogP contribution in [0.2, 0.25) is 0 Å². The molecule has 2 heterocycles. The Morgan fingerprint density at radius 2 is 2.04 bits per heavy atom. The van der Waals surface area contributed by atoms with Crippen LogP contribution in [0.4, 0.5) is 5.82 Å². The highest BCUT2D eigenvalue weighted by Gasteiger charge is 2.49. The van der Waals surface area contributed by atoms with Gasteiger partial charge < -0.3 is 40.5 Å². The van der Waals surface area contributed by atoms with Gasteiger partial charge in [0.05, 0.1) is 25.5 Å². The predicted molar refractivity (Wildman–Crippen MR) is 84.0 cm³/mol. The van der Waals surface area contributed by atoms with Crippen LogP contribution in [0.15, 0.2) is 11.0 Å². The number of anilines is 1. The molecule has 0 saturated carbocycles. The molecule has 0 bridgehead atoms. The molecule has 17 heteroatoms. The summed E-state index contributed by atoms with van der Waals surface area (Å²) in [7, 11) is -10.5. The molecule has 0 amide bonds. The summed E-state index contributed by atoms with van der Waals surface area (Å²) in [5.74, 6) is -1.08. The summed E-state index contributed by atoms with van der Waals surface area (Å²) in [5.41, 5.74) is 2.36. The number of phosphoric acid groups is 2. The third-order valence-corrected chi connectivity index (χ3v) is 5.71. The Bertz CT molecular complexity index is 854. The highest BCUT2D eigenvalue weighted by atomic mass is 31.3. The number of aromatic hydroxyl groups is 1. The lowest BCUT2D eigenvalue weighted by Gasteiger charge is -2.29. The van der Waals surface area contributed by atoms with Gasteiger partial charge in [0.25, 0.3) is 0 Å². The summed E-state index contributed by atoms with van der Waals surface area (Å²) in [6.45, 7) is -1.76. The second-order valence-corrected chi connectivity index (χ2v) is 8.36. The SMILES string of the molecule is Nc1nc(=O)n([C@@]2(CO)C[C@H](O)[C@@H](COP(=O)(O)OP(=O)(O)O)O2)cc1O. The number of hydrogen-bond donors (Lipinski definition) is 7. The van der Waals surface area contributed by atoms with E-state index in [1.807, 2.05) is 0 Å². The number of phosphoric ester groups is 1. The molecule has 0 aromatic carbocycles. The van der Waals surface area contributed by atoms with Gasteiger partial charge in [-0.1, -0.05) is 0 Å². The van der Waals surface area contributed by atoms with Gasteiger partial charge in [-0.2, -0.15) is 9.29 Å². The molecule has 15 nitrogen and oxygen atoms in total. The molecule has 0 aliphatic carbocycles. The first-order valence-electron chi connectivity index (χ1n) is 7.08. The maximum Gasteiger partial charge on any atom is 0.481 e. The summed E-state index contributed by atoms with van der Waals surface area (Å²) < 4.78 is 36.0. The minimum absolute atomic E-state index is 0.419. The number of rotatable bonds is 7. The van der Waals surface area contributed by atoms with Crippen molar-refractivity contribution in [2.75, 3.05) is 18.9 Å². The van der Waals surface area contributed by atoms with Crippen LogP contribution in [0.5, 0.6) is 5.75 Å². The smallest absolute Gasteiger partial charge is 0.481 e. The summed E-state index contributed by atoms with van der Waals surface area (Å²) >= 11 is 0. The van der Waals surface area contributed by atoms with E-state index < -0.39 is 70.5 Å². The Kier molecular flexibility index (Phi) is 6.14. The molecule has 1 saturated heterocycles. The number of aromatic nitrogens is 2. The maximum atomic E-state index is 12.0. The van der Waals surface area contributed by atoms with Gasteiger partial charge in [-0.05, 0) is 0 Å². The number of aliphatic hydroxyl groups excluding tert-OH is 2. The molecule has 0 spiro atoms. The Morgan fingerprint density at radius 3 is 2.59 bits per heavy atom. The molecule has 1 aliphatic heterocycles. The fourth-order valence-electron chi connectivity index (χ4n) is 2.42. The second kappa shape index (κ2) is 7.56. The first-order valence-corrected chi connectivity index (χ1v) is 10.1. The van der Waals surface area contributed by atoms with Crippen molar-refractivity contribution in [3.8, 4) is 5.75 Å². The average molecular weight is 433 g/mol. The molecule has 1 aromatic heterocycles. The highest BCUT2D eigenvalue weighted by molar-refractivity contribution is 7.60. The zero-order valence-electron chi connectivity index (χ0n) is 13.4. The van der Waals surface area contributed by atoms with Crippen LogP contribution in [0.25, 0.3) is 0 Å². The molecular formula is C10H17N3O12P2. The lowest BCUT2D eigenvalue weighted by Crippen LogP contribution is -2.45. The zero-order valence-corrected chi connectivity index (χ0v) is 15.1. The van der Waals surface area contributed by atoms with Crippen molar-refractivity contribution >= 4 is 21.5 Å². The molecule has 1 aromatic rings. The van der Waals surface area contributed by atoms with Crippen molar-refractivity contribution in [3.63, 3.8) is 0 Å². The van der Waals surface area contributed by atoms with Gasteiger partial charge in [0.1, 0.15) is 6.10 Å². The second-order valence-electron chi connectivity index (χ2n) is 5.53. The van der Waals surface area contributed by atoms with Gasteiger partial charge in [0.2, 0.25) is 0 Å². The van der Waals surface area contributed by atoms with Gasteiger partial charge in [0, 0.05) is 6.42 Å². The summed E-state index contributed by atoms with van der Waals surface area (Å²) in [5, 5.41) is 29.3. The van der Waals surface area contributed by atoms with Crippen LogP contribution in [0.3, 0.4) is 0 Å². The minimum atomic E-state index is -5.33. The van der Waals surface area contributed by atoms with Crippen LogP contribution in [0, 0.1) is 0 Å². The van der Waals surface area contributed by atoms with Crippen molar-refractivity contribution in [3.05, 3.63) is 16.7 Å². The number of aliphatic hydroxyl groups is 2. The van der Waals surface area contributed by atoms with Gasteiger partial charge in [0.15, 0.2) is 17.3 Å². The molecule has 4 atom stereocenters. The van der Waals surface area contributed by atoms with E-state index in [9.17, 15) is 34.1 Å². The van der Waals surface area contributed by atoms with E-state index in [0.29, 0.717) is 4.57 Å². The maximum absolute atomic E-state index is 12.0. The summed E-state index contributed by atoms with van der Waals surface area (Å²) in [6.07, 6.45) is -2.45. The normalized spacial score (nSPS) is 28.2. The van der Waals surface area contributed by atoms with Crippen LogP contribution in [0.1, 0.15) is 6.42 Å². The van der Waals surface area contributed by atoms with Crippen LogP contribution in [-0.4, -0.2) is 65.0 Å². The molecule has 0 radical (unpaired) electrons. The molecule has 8 N–H and O–H groups in total. The molecule has 1 aliphatic rings. The summed E-state index contributed by atoms with van der Waals surface area (Å²) in [4.78, 5) is 41.6. The van der Waals surface area contributed by atoms with E-state index in [1.165, 1.54) is 0 Å². The van der Waals surface area contributed by atoms with E-state index >= 15 is 0 Å². The number of nitrogen functional groups attached to an aromatic ring is 1. The Morgan fingerprint density at radius 1 is 1.41 bits per heavy atom. The third kappa shape index (κ3) is 5.12. The highest BCUT2D eigenvalue weighted by Crippen LogP contribution is 2.57. The van der Waals surface area contributed by atoms with E-state index in [1.54, 1.807) is 0 Å².